The van der Waals surface area contributed by atoms with Crippen molar-refractivity contribution in [3.05, 3.63) is 50.3 Å². The predicted molar refractivity (Wildman–Crippen MR) is 72.0 cm³/mol. The highest BCUT2D eigenvalue weighted by Crippen LogP contribution is 2.13. The standard InChI is InChI=1S/C12H8N2O3S/c15-12-9-6-8(2-1-5-18)3-4-10(9)13-7-11(12)14(16)17/h3-4,6-7,18H,5H2,(H,13,15). The van der Waals surface area contributed by atoms with Gasteiger partial charge in [0, 0.05) is 11.1 Å². The summed E-state index contributed by atoms with van der Waals surface area (Å²) < 4.78 is 0. The van der Waals surface area contributed by atoms with Crippen LogP contribution in [-0.2, 0) is 0 Å². The second-order valence-electron chi connectivity index (χ2n) is 3.48. The van der Waals surface area contributed by atoms with Crippen LogP contribution < -0.4 is 5.43 Å². The number of aromatic nitrogens is 1. The van der Waals surface area contributed by atoms with Gasteiger partial charge >= 0.3 is 5.69 Å². The smallest absolute Gasteiger partial charge is 0.332 e. The minimum absolute atomic E-state index is 0.259. The number of pyridine rings is 1. The van der Waals surface area contributed by atoms with E-state index in [1.165, 1.54) is 6.07 Å². The van der Waals surface area contributed by atoms with E-state index in [0.717, 1.165) is 6.20 Å². The maximum Gasteiger partial charge on any atom is 0.332 e. The van der Waals surface area contributed by atoms with Gasteiger partial charge in [0.1, 0.15) is 0 Å². The predicted octanol–water partition coefficient (Wildman–Crippen LogP) is 1.72. The van der Waals surface area contributed by atoms with Crippen LogP contribution in [-0.4, -0.2) is 15.7 Å². The average molecular weight is 260 g/mol. The van der Waals surface area contributed by atoms with E-state index in [0.29, 0.717) is 16.8 Å². The van der Waals surface area contributed by atoms with Crippen molar-refractivity contribution >= 4 is 29.2 Å². The number of fused-ring (bicyclic) bond motifs is 1. The Bertz CT molecular complexity index is 740. The van der Waals surface area contributed by atoms with E-state index < -0.39 is 16.0 Å². The molecule has 0 fully saturated rings. The molecule has 5 nitrogen and oxygen atoms in total. The van der Waals surface area contributed by atoms with Crippen molar-refractivity contribution in [2.75, 3.05) is 5.75 Å². The molecule has 0 aliphatic carbocycles. The maximum absolute atomic E-state index is 11.9. The number of nitrogens with zero attached hydrogens (tertiary/aromatic N) is 1. The molecule has 0 aliphatic rings. The third-order valence-corrected chi connectivity index (χ3v) is 2.53. The summed E-state index contributed by atoms with van der Waals surface area (Å²) >= 11 is 3.96. The van der Waals surface area contributed by atoms with Crippen LogP contribution in [0.2, 0.25) is 0 Å². The lowest BCUT2D eigenvalue weighted by molar-refractivity contribution is -0.386. The van der Waals surface area contributed by atoms with Gasteiger partial charge in [0.05, 0.1) is 22.3 Å². The number of aromatic amines is 1. The van der Waals surface area contributed by atoms with Gasteiger partial charge in [-0.2, -0.15) is 12.6 Å². The molecule has 0 bridgehead atoms. The second kappa shape index (κ2) is 4.94. The number of hydrogen-bond acceptors (Lipinski definition) is 4. The Hall–Kier alpha value is -2.26. The van der Waals surface area contributed by atoms with Crippen molar-refractivity contribution in [1.82, 2.24) is 4.98 Å². The molecule has 18 heavy (non-hydrogen) atoms. The fraction of sp³-hybridized carbons (Fsp3) is 0.0833. The van der Waals surface area contributed by atoms with Gasteiger partial charge in [0.25, 0.3) is 5.43 Å². The number of H-pyrrole nitrogens is 1. The van der Waals surface area contributed by atoms with Crippen LogP contribution in [0.3, 0.4) is 0 Å². The highest BCUT2D eigenvalue weighted by atomic mass is 32.1. The van der Waals surface area contributed by atoms with Gasteiger partial charge in [0.15, 0.2) is 0 Å². The number of benzene rings is 1. The Balaban J connectivity index is 2.70. The summed E-state index contributed by atoms with van der Waals surface area (Å²) in [5.74, 6) is 5.97. The van der Waals surface area contributed by atoms with E-state index in [1.807, 2.05) is 0 Å². The van der Waals surface area contributed by atoms with Gasteiger partial charge in [0.2, 0.25) is 0 Å². The molecule has 0 spiro atoms. The molecule has 1 N–H and O–H groups in total. The molecule has 6 heteroatoms. The molecule has 0 saturated carbocycles. The van der Waals surface area contributed by atoms with E-state index in [1.54, 1.807) is 12.1 Å². The first-order valence-corrected chi connectivity index (χ1v) is 5.66. The highest BCUT2D eigenvalue weighted by molar-refractivity contribution is 7.80. The number of thiol groups is 1. The van der Waals surface area contributed by atoms with Gasteiger partial charge in [-0.05, 0) is 18.2 Å². The van der Waals surface area contributed by atoms with E-state index in [2.05, 4.69) is 29.5 Å². The molecule has 1 heterocycles. The lowest BCUT2D eigenvalue weighted by atomic mass is 10.1. The summed E-state index contributed by atoms with van der Waals surface area (Å²) in [6.07, 6.45) is 1.10. The molecular formula is C12H8N2O3S. The SMILES string of the molecule is O=c1c([N+](=O)[O-])c[nH]c2ccc(C#CCS)cc12. The summed E-state index contributed by atoms with van der Waals surface area (Å²) in [5.41, 5.74) is 0.0923. The third kappa shape index (κ3) is 2.21. The van der Waals surface area contributed by atoms with Gasteiger partial charge in [-0.25, -0.2) is 0 Å². The number of hydrogen-bond donors (Lipinski definition) is 2. The summed E-state index contributed by atoms with van der Waals surface area (Å²) in [7, 11) is 0. The fourth-order valence-electron chi connectivity index (χ4n) is 1.56. The van der Waals surface area contributed by atoms with Crippen molar-refractivity contribution in [3.63, 3.8) is 0 Å². The molecule has 1 aromatic heterocycles. The molecule has 1 aromatic carbocycles. The zero-order valence-electron chi connectivity index (χ0n) is 9.14. The second-order valence-corrected chi connectivity index (χ2v) is 3.80. The quantitative estimate of drug-likeness (QED) is 0.355. The fourth-order valence-corrected chi connectivity index (χ4v) is 1.64. The molecule has 2 rings (SSSR count). The van der Waals surface area contributed by atoms with Crippen molar-refractivity contribution in [1.29, 1.82) is 0 Å². The molecule has 0 amide bonds. The number of nitrogens with one attached hydrogen (secondary N) is 1. The third-order valence-electron chi connectivity index (χ3n) is 2.37. The van der Waals surface area contributed by atoms with Crippen LogP contribution in [0.4, 0.5) is 5.69 Å². The molecular weight excluding hydrogens is 252 g/mol. The molecule has 0 radical (unpaired) electrons. The Kier molecular flexibility index (Phi) is 3.35. The molecule has 0 saturated heterocycles. The van der Waals surface area contributed by atoms with Crippen LogP contribution in [0.1, 0.15) is 5.56 Å². The monoisotopic (exact) mass is 260 g/mol. The first-order valence-electron chi connectivity index (χ1n) is 5.03. The number of nitro groups is 1. The first kappa shape index (κ1) is 12.2. The Morgan fingerprint density at radius 3 is 2.89 bits per heavy atom. The maximum atomic E-state index is 11.9. The van der Waals surface area contributed by atoms with Crippen molar-refractivity contribution in [2.24, 2.45) is 0 Å². The summed E-state index contributed by atoms with van der Waals surface area (Å²) in [4.78, 5) is 24.6. The molecule has 90 valence electrons. The van der Waals surface area contributed by atoms with Crippen LogP contribution in [0, 0.1) is 22.0 Å². The number of rotatable bonds is 1. The first-order chi connectivity index (χ1) is 8.63. The van der Waals surface area contributed by atoms with Crippen molar-refractivity contribution in [2.45, 2.75) is 0 Å². The minimum Gasteiger partial charge on any atom is -0.355 e. The lowest BCUT2D eigenvalue weighted by Gasteiger charge is -1.98. The molecule has 0 aliphatic heterocycles. The van der Waals surface area contributed by atoms with Gasteiger partial charge in [-0.1, -0.05) is 11.8 Å². The molecule has 0 atom stereocenters. The summed E-state index contributed by atoms with van der Waals surface area (Å²) in [5, 5.41) is 10.9. The van der Waals surface area contributed by atoms with Crippen LogP contribution >= 0.6 is 12.6 Å². The van der Waals surface area contributed by atoms with Crippen molar-refractivity contribution < 1.29 is 4.92 Å². The molecule has 2 aromatic rings. The zero-order chi connectivity index (χ0) is 13.1. The zero-order valence-corrected chi connectivity index (χ0v) is 10.0. The van der Waals surface area contributed by atoms with Gasteiger partial charge in [-0.15, -0.1) is 0 Å². The molecule has 0 unspecified atom stereocenters. The van der Waals surface area contributed by atoms with E-state index in [9.17, 15) is 14.9 Å². The largest absolute Gasteiger partial charge is 0.355 e. The Morgan fingerprint density at radius 1 is 1.44 bits per heavy atom. The van der Waals surface area contributed by atoms with Crippen LogP contribution in [0.25, 0.3) is 10.9 Å². The van der Waals surface area contributed by atoms with E-state index in [4.69, 9.17) is 0 Å². The Labute approximate surface area is 107 Å². The Morgan fingerprint density at radius 2 is 2.22 bits per heavy atom. The van der Waals surface area contributed by atoms with E-state index in [-0.39, 0.29) is 5.39 Å². The summed E-state index contributed by atoms with van der Waals surface area (Å²) in [6, 6.07) is 4.95. The van der Waals surface area contributed by atoms with Gasteiger partial charge < -0.3 is 4.98 Å². The normalized spacial score (nSPS) is 9.83. The minimum atomic E-state index is -0.704. The summed E-state index contributed by atoms with van der Waals surface area (Å²) in [6.45, 7) is 0. The van der Waals surface area contributed by atoms with Crippen molar-refractivity contribution in [3.8, 4) is 11.8 Å². The average Bonchev–Trinajstić information content (AvgIpc) is 2.36. The lowest BCUT2D eigenvalue weighted by Crippen LogP contribution is -2.09. The van der Waals surface area contributed by atoms with E-state index >= 15 is 0 Å². The van der Waals surface area contributed by atoms with Gasteiger partial charge in [-0.3, -0.25) is 14.9 Å². The highest BCUT2D eigenvalue weighted by Gasteiger charge is 2.14. The van der Waals surface area contributed by atoms with Crippen LogP contribution in [0.5, 0.6) is 0 Å². The van der Waals surface area contributed by atoms with Crippen LogP contribution in [0.15, 0.2) is 29.2 Å². The topological polar surface area (TPSA) is 76.0 Å².